The van der Waals surface area contributed by atoms with E-state index in [1.54, 1.807) is 0 Å². The third-order valence-corrected chi connectivity index (χ3v) is 4.89. The average Bonchev–Trinajstić information content (AvgIpc) is 2.39. The first kappa shape index (κ1) is 13.4. The van der Waals surface area contributed by atoms with Crippen LogP contribution in [0.15, 0.2) is 0 Å². The maximum absolute atomic E-state index is 3.64. The molecule has 0 bridgehead atoms. The lowest BCUT2D eigenvalue weighted by molar-refractivity contribution is 0.0545. The summed E-state index contributed by atoms with van der Waals surface area (Å²) in [6, 6.07) is 1.61. The molecule has 2 rings (SSSR count). The molecule has 1 N–H and O–H groups in total. The van der Waals surface area contributed by atoms with Crippen LogP contribution in [0, 0.1) is 11.8 Å². The van der Waals surface area contributed by atoms with Crippen molar-refractivity contribution in [2.75, 3.05) is 19.6 Å². The number of nitrogens with zero attached hydrogens (tertiary/aromatic N) is 1. The van der Waals surface area contributed by atoms with Gasteiger partial charge in [-0.2, -0.15) is 0 Å². The van der Waals surface area contributed by atoms with Crippen LogP contribution in [0.4, 0.5) is 0 Å². The maximum Gasteiger partial charge on any atom is 0.0193 e. The minimum absolute atomic E-state index is 0.735. The van der Waals surface area contributed by atoms with E-state index in [2.05, 4.69) is 31.0 Å². The fourth-order valence-electron chi connectivity index (χ4n) is 3.80. The molecule has 3 atom stereocenters. The smallest absolute Gasteiger partial charge is 0.0193 e. The highest BCUT2D eigenvalue weighted by Gasteiger charge is 2.33. The van der Waals surface area contributed by atoms with Crippen molar-refractivity contribution in [1.29, 1.82) is 0 Å². The van der Waals surface area contributed by atoms with Crippen molar-refractivity contribution in [3.05, 3.63) is 0 Å². The standard InChI is InChI=1S/C15H30N2/c1-4-13-11-17(10-9-16-13)15-8-6-5-7-14(15)12(2)3/h12-16H,4-11H2,1-3H3. The summed E-state index contributed by atoms with van der Waals surface area (Å²) in [7, 11) is 0. The molecule has 0 radical (unpaired) electrons. The van der Waals surface area contributed by atoms with Gasteiger partial charge >= 0.3 is 0 Å². The highest BCUT2D eigenvalue weighted by atomic mass is 15.2. The number of nitrogens with one attached hydrogen (secondary N) is 1. The van der Waals surface area contributed by atoms with E-state index in [1.165, 1.54) is 51.7 Å². The molecule has 1 saturated heterocycles. The Hall–Kier alpha value is -0.0800. The zero-order chi connectivity index (χ0) is 12.3. The largest absolute Gasteiger partial charge is 0.311 e. The second-order valence-electron chi connectivity index (χ2n) is 6.31. The second kappa shape index (κ2) is 6.19. The van der Waals surface area contributed by atoms with Gasteiger partial charge in [-0.1, -0.05) is 33.6 Å². The maximum atomic E-state index is 3.64. The van der Waals surface area contributed by atoms with Gasteiger partial charge in [0.1, 0.15) is 0 Å². The summed E-state index contributed by atoms with van der Waals surface area (Å²) in [5.74, 6) is 1.80. The Morgan fingerprint density at radius 3 is 2.71 bits per heavy atom. The summed E-state index contributed by atoms with van der Waals surface area (Å²) in [5.41, 5.74) is 0. The number of piperazine rings is 1. The number of rotatable bonds is 3. The molecule has 100 valence electrons. The highest BCUT2D eigenvalue weighted by Crippen LogP contribution is 2.34. The van der Waals surface area contributed by atoms with Gasteiger partial charge < -0.3 is 5.32 Å². The molecule has 2 aliphatic rings. The van der Waals surface area contributed by atoms with Crippen LogP contribution < -0.4 is 5.32 Å². The molecule has 0 aromatic heterocycles. The molecule has 3 unspecified atom stereocenters. The van der Waals surface area contributed by atoms with Gasteiger partial charge in [0.2, 0.25) is 0 Å². The quantitative estimate of drug-likeness (QED) is 0.813. The van der Waals surface area contributed by atoms with Crippen molar-refractivity contribution in [2.24, 2.45) is 11.8 Å². The zero-order valence-electron chi connectivity index (χ0n) is 11.9. The van der Waals surface area contributed by atoms with Crippen molar-refractivity contribution in [1.82, 2.24) is 10.2 Å². The predicted molar refractivity (Wildman–Crippen MR) is 74.2 cm³/mol. The van der Waals surface area contributed by atoms with Crippen LogP contribution >= 0.6 is 0 Å². The van der Waals surface area contributed by atoms with Crippen LogP contribution in [-0.4, -0.2) is 36.6 Å². The van der Waals surface area contributed by atoms with Gasteiger partial charge in [0, 0.05) is 31.7 Å². The Morgan fingerprint density at radius 2 is 2.00 bits per heavy atom. The fourth-order valence-corrected chi connectivity index (χ4v) is 3.80. The van der Waals surface area contributed by atoms with Gasteiger partial charge in [0.15, 0.2) is 0 Å². The minimum Gasteiger partial charge on any atom is -0.311 e. The molecule has 0 spiro atoms. The van der Waals surface area contributed by atoms with Crippen LogP contribution in [0.1, 0.15) is 52.9 Å². The van der Waals surface area contributed by atoms with Crippen LogP contribution in [0.2, 0.25) is 0 Å². The minimum atomic E-state index is 0.735. The molecule has 0 aromatic rings. The molecule has 0 aromatic carbocycles. The SMILES string of the molecule is CCC1CN(C2CCCCC2C(C)C)CCN1. The summed E-state index contributed by atoms with van der Waals surface area (Å²) >= 11 is 0. The molecular weight excluding hydrogens is 208 g/mol. The van der Waals surface area contributed by atoms with Crippen LogP contribution in [0.3, 0.4) is 0 Å². The molecule has 1 saturated carbocycles. The molecule has 0 amide bonds. The Bertz CT molecular complexity index is 227. The molecule has 1 aliphatic heterocycles. The second-order valence-corrected chi connectivity index (χ2v) is 6.31. The molecule has 2 heteroatoms. The summed E-state index contributed by atoms with van der Waals surface area (Å²) in [4.78, 5) is 2.80. The predicted octanol–water partition coefficient (Wildman–Crippen LogP) is 2.89. The van der Waals surface area contributed by atoms with Crippen molar-refractivity contribution < 1.29 is 0 Å². The van der Waals surface area contributed by atoms with Gasteiger partial charge in [0.25, 0.3) is 0 Å². The summed E-state index contributed by atoms with van der Waals surface area (Å²) in [6.45, 7) is 10.9. The van der Waals surface area contributed by atoms with E-state index < -0.39 is 0 Å². The van der Waals surface area contributed by atoms with Crippen LogP contribution in [-0.2, 0) is 0 Å². The first-order valence-corrected chi connectivity index (χ1v) is 7.69. The van der Waals surface area contributed by atoms with Crippen molar-refractivity contribution in [3.63, 3.8) is 0 Å². The Labute approximate surface area is 107 Å². The van der Waals surface area contributed by atoms with Gasteiger partial charge in [0.05, 0.1) is 0 Å². The topological polar surface area (TPSA) is 15.3 Å². The van der Waals surface area contributed by atoms with E-state index in [-0.39, 0.29) is 0 Å². The third-order valence-electron chi connectivity index (χ3n) is 4.89. The van der Waals surface area contributed by atoms with Gasteiger partial charge in [-0.05, 0) is 31.1 Å². The molecule has 2 nitrogen and oxygen atoms in total. The number of hydrogen-bond donors (Lipinski definition) is 1. The summed E-state index contributed by atoms with van der Waals surface area (Å²) in [5, 5.41) is 3.64. The van der Waals surface area contributed by atoms with E-state index in [0.29, 0.717) is 0 Å². The lowest BCUT2D eigenvalue weighted by atomic mass is 9.77. The number of hydrogen-bond acceptors (Lipinski definition) is 2. The lowest BCUT2D eigenvalue weighted by Crippen LogP contribution is -2.56. The Kier molecular flexibility index (Phi) is 4.87. The van der Waals surface area contributed by atoms with Gasteiger partial charge in [-0.25, -0.2) is 0 Å². The molecule has 2 fully saturated rings. The van der Waals surface area contributed by atoms with Gasteiger partial charge in [-0.3, -0.25) is 4.90 Å². The molecule has 1 aliphatic carbocycles. The van der Waals surface area contributed by atoms with Crippen molar-refractivity contribution in [3.8, 4) is 0 Å². The van der Waals surface area contributed by atoms with E-state index in [1.807, 2.05) is 0 Å². The third kappa shape index (κ3) is 3.23. The van der Waals surface area contributed by atoms with E-state index in [4.69, 9.17) is 0 Å². The summed E-state index contributed by atoms with van der Waals surface area (Å²) < 4.78 is 0. The normalized spacial score (nSPS) is 36.4. The van der Waals surface area contributed by atoms with Crippen molar-refractivity contribution in [2.45, 2.75) is 65.0 Å². The molecular formula is C15H30N2. The van der Waals surface area contributed by atoms with E-state index in [0.717, 1.165) is 23.9 Å². The van der Waals surface area contributed by atoms with Crippen LogP contribution in [0.5, 0.6) is 0 Å². The molecule has 1 heterocycles. The Morgan fingerprint density at radius 1 is 1.24 bits per heavy atom. The van der Waals surface area contributed by atoms with Gasteiger partial charge in [-0.15, -0.1) is 0 Å². The average molecular weight is 238 g/mol. The Balaban J connectivity index is 1.98. The molecule has 17 heavy (non-hydrogen) atoms. The highest BCUT2D eigenvalue weighted by molar-refractivity contribution is 4.89. The van der Waals surface area contributed by atoms with Crippen LogP contribution in [0.25, 0.3) is 0 Å². The zero-order valence-corrected chi connectivity index (χ0v) is 11.9. The lowest BCUT2D eigenvalue weighted by Gasteiger charge is -2.45. The van der Waals surface area contributed by atoms with E-state index >= 15 is 0 Å². The summed E-state index contributed by atoms with van der Waals surface area (Å²) in [6.07, 6.45) is 7.09. The first-order chi connectivity index (χ1) is 8.22. The van der Waals surface area contributed by atoms with E-state index in [9.17, 15) is 0 Å². The monoisotopic (exact) mass is 238 g/mol. The van der Waals surface area contributed by atoms with Crippen molar-refractivity contribution >= 4 is 0 Å². The fraction of sp³-hybridized carbons (Fsp3) is 1.00. The first-order valence-electron chi connectivity index (χ1n) is 7.69.